The Bertz CT molecular complexity index is 466. The van der Waals surface area contributed by atoms with Gasteiger partial charge in [0.25, 0.3) is 5.92 Å². The van der Waals surface area contributed by atoms with Crippen LogP contribution >= 0.6 is 11.6 Å². The van der Waals surface area contributed by atoms with Gasteiger partial charge in [-0.1, -0.05) is 11.6 Å². The number of anilines is 1. The zero-order valence-electron chi connectivity index (χ0n) is 10.1. The number of hydrogen-bond donors (Lipinski definition) is 0. The molecule has 3 rings (SSSR count). The van der Waals surface area contributed by atoms with E-state index in [4.69, 9.17) is 11.6 Å². The molecule has 0 bridgehead atoms. The molecule has 0 atom stereocenters. The fraction of sp³-hybridized carbons (Fsp3) is 0.615. The lowest BCUT2D eigenvalue weighted by atomic mass is 10.1. The topological polar surface area (TPSA) is 16.1 Å². The van der Waals surface area contributed by atoms with Crippen molar-refractivity contribution in [3.8, 4) is 0 Å². The van der Waals surface area contributed by atoms with Gasteiger partial charge in [-0.05, 0) is 36.5 Å². The van der Waals surface area contributed by atoms with E-state index in [0.29, 0.717) is 18.2 Å². The normalized spacial score (nSPS) is 22.1. The maximum absolute atomic E-state index is 13.2. The predicted molar refractivity (Wildman–Crippen MR) is 67.7 cm³/mol. The summed E-state index contributed by atoms with van der Waals surface area (Å²) in [6, 6.07) is 1.91. The first-order valence-electron chi connectivity index (χ1n) is 6.36. The molecular weight excluding hydrogens is 258 g/mol. The van der Waals surface area contributed by atoms with Gasteiger partial charge in [0.2, 0.25) is 0 Å². The number of piperidine rings is 1. The SMILES string of the molecule is FC1(F)CCN(c2nc(Cl)cc3c2CCC3)CC1. The van der Waals surface area contributed by atoms with Crippen molar-refractivity contribution in [2.75, 3.05) is 18.0 Å². The molecule has 2 heterocycles. The highest BCUT2D eigenvalue weighted by Crippen LogP contribution is 2.35. The van der Waals surface area contributed by atoms with Crippen LogP contribution in [0.4, 0.5) is 14.6 Å². The van der Waals surface area contributed by atoms with Gasteiger partial charge in [0.1, 0.15) is 11.0 Å². The molecule has 98 valence electrons. The molecule has 0 unspecified atom stereocenters. The van der Waals surface area contributed by atoms with Crippen LogP contribution in [0.15, 0.2) is 6.07 Å². The number of fused-ring (bicyclic) bond motifs is 1. The van der Waals surface area contributed by atoms with E-state index in [1.54, 1.807) is 0 Å². The maximum Gasteiger partial charge on any atom is 0.251 e. The van der Waals surface area contributed by atoms with Gasteiger partial charge in [-0.2, -0.15) is 0 Å². The second-order valence-corrected chi connectivity index (χ2v) is 5.49. The van der Waals surface area contributed by atoms with Crippen molar-refractivity contribution in [2.24, 2.45) is 0 Å². The van der Waals surface area contributed by atoms with Crippen LogP contribution < -0.4 is 4.90 Å². The van der Waals surface area contributed by atoms with E-state index in [1.807, 2.05) is 11.0 Å². The third-order valence-corrected chi connectivity index (χ3v) is 4.02. The third kappa shape index (κ3) is 2.18. The quantitative estimate of drug-likeness (QED) is 0.728. The van der Waals surface area contributed by atoms with Crippen LogP contribution in [0.1, 0.15) is 30.4 Å². The first-order valence-corrected chi connectivity index (χ1v) is 6.74. The number of aromatic nitrogens is 1. The minimum absolute atomic E-state index is 0.0873. The first kappa shape index (κ1) is 12.2. The summed E-state index contributed by atoms with van der Waals surface area (Å²) < 4.78 is 26.3. The number of nitrogens with zero attached hydrogens (tertiary/aromatic N) is 2. The van der Waals surface area contributed by atoms with Gasteiger partial charge in [-0.3, -0.25) is 0 Å². The Morgan fingerprint density at radius 3 is 2.67 bits per heavy atom. The smallest absolute Gasteiger partial charge is 0.251 e. The summed E-state index contributed by atoms with van der Waals surface area (Å²) in [6.45, 7) is 0.736. The Morgan fingerprint density at radius 1 is 1.22 bits per heavy atom. The van der Waals surface area contributed by atoms with E-state index in [-0.39, 0.29) is 12.8 Å². The molecule has 1 aliphatic heterocycles. The number of rotatable bonds is 1. The third-order valence-electron chi connectivity index (χ3n) is 3.83. The van der Waals surface area contributed by atoms with Gasteiger partial charge in [-0.15, -0.1) is 0 Å². The minimum Gasteiger partial charge on any atom is -0.356 e. The van der Waals surface area contributed by atoms with Crippen LogP contribution in [0.5, 0.6) is 0 Å². The summed E-state index contributed by atoms with van der Waals surface area (Å²) in [5.41, 5.74) is 2.45. The lowest BCUT2D eigenvalue weighted by Crippen LogP contribution is -2.40. The standard InChI is InChI=1S/C13H15ClF2N2/c14-11-8-9-2-1-3-10(9)12(17-11)18-6-4-13(15,16)5-7-18/h8H,1-7H2. The molecule has 1 aromatic heterocycles. The number of halogens is 3. The molecule has 1 aliphatic carbocycles. The van der Waals surface area contributed by atoms with Crippen LogP contribution in [0.2, 0.25) is 5.15 Å². The van der Waals surface area contributed by atoms with Gasteiger partial charge in [-0.25, -0.2) is 13.8 Å². The molecule has 0 N–H and O–H groups in total. The molecule has 1 aromatic rings. The summed E-state index contributed by atoms with van der Waals surface area (Å²) in [5, 5.41) is 0.475. The van der Waals surface area contributed by atoms with Crippen molar-refractivity contribution in [2.45, 2.75) is 38.0 Å². The van der Waals surface area contributed by atoms with Crippen LogP contribution in [0.3, 0.4) is 0 Å². The van der Waals surface area contributed by atoms with E-state index >= 15 is 0 Å². The van der Waals surface area contributed by atoms with E-state index in [2.05, 4.69) is 4.98 Å². The molecule has 2 nitrogen and oxygen atoms in total. The zero-order valence-corrected chi connectivity index (χ0v) is 10.8. The van der Waals surface area contributed by atoms with E-state index in [9.17, 15) is 8.78 Å². The predicted octanol–water partition coefficient (Wildman–Crippen LogP) is 3.46. The average Bonchev–Trinajstić information content (AvgIpc) is 2.76. The van der Waals surface area contributed by atoms with Crippen molar-refractivity contribution in [3.63, 3.8) is 0 Å². The van der Waals surface area contributed by atoms with Crippen molar-refractivity contribution < 1.29 is 8.78 Å². The molecular formula is C13H15ClF2N2. The second-order valence-electron chi connectivity index (χ2n) is 5.10. The Hall–Kier alpha value is -0.900. The summed E-state index contributed by atoms with van der Waals surface area (Å²) >= 11 is 6.02. The van der Waals surface area contributed by atoms with Gasteiger partial charge in [0, 0.05) is 25.9 Å². The van der Waals surface area contributed by atoms with Crippen LogP contribution in [-0.4, -0.2) is 24.0 Å². The van der Waals surface area contributed by atoms with Crippen molar-refractivity contribution >= 4 is 17.4 Å². The van der Waals surface area contributed by atoms with Crippen molar-refractivity contribution in [1.82, 2.24) is 4.98 Å². The van der Waals surface area contributed by atoms with E-state index in [1.165, 1.54) is 11.1 Å². The summed E-state index contributed by atoms with van der Waals surface area (Å²) in [5.74, 6) is -1.68. The number of alkyl halides is 2. The van der Waals surface area contributed by atoms with Crippen molar-refractivity contribution in [1.29, 1.82) is 0 Å². The van der Waals surface area contributed by atoms with Crippen molar-refractivity contribution in [3.05, 3.63) is 22.3 Å². The molecule has 0 aromatic carbocycles. The minimum atomic E-state index is -2.52. The number of pyridine rings is 1. The van der Waals surface area contributed by atoms with Gasteiger partial charge in [0.15, 0.2) is 0 Å². The molecule has 1 saturated heterocycles. The molecule has 1 fully saturated rings. The Balaban J connectivity index is 1.89. The lowest BCUT2D eigenvalue weighted by Gasteiger charge is -2.33. The van der Waals surface area contributed by atoms with Crippen LogP contribution in [0.25, 0.3) is 0 Å². The largest absolute Gasteiger partial charge is 0.356 e. The van der Waals surface area contributed by atoms with E-state index < -0.39 is 5.92 Å². The molecule has 0 radical (unpaired) electrons. The second kappa shape index (κ2) is 4.34. The Labute approximate surface area is 110 Å². The summed E-state index contributed by atoms with van der Waals surface area (Å²) in [6.07, 6.45) is 2.94. The molecule has 0 saturated carbocycles. The Morgan fingerprint density at radius 2 is 1.94 bits per heavy atom. The Kier molecular flexibility index (Phi) is 2.93. The molecule has 5 heteroatoms. The highest BCUT2D eigenvalue weighted by molar-refractivity contribution is 6.29. The summed E-state index contributed by atoms with van der Waals surface area (Å²) in [7, 11) is 0. The molecule has 0 amide bonds. The molecule has 0 spiro atoms. The number of aryl methyl sites for hydroxylation is 1. The number of hydrogen-bond acceptors (Lipinski definition) is 2. The fourth-order valence-electron chi connectivity index (χ4n) is 2.83. The highest BCUT2D eigenvalue weighted by atomic mass is 35.5. The maximum atomic E-state index is 13.2. The van der Waals surface area contributed by atoms with Gasteiger partial charge in [0.05, 0.1) is 0 Å². The fourth-order valence-corrected chi connectivity index (χ4v) is 3.05. The first-order chi connectivity index (χ1) is 8.55. The molecule has 18 heavy (non-hydrogen) atoms. The van der Waals surface area contributed by atoms with Gasteiger partial charge < -0.3 is 4.90 Å². The highest BCUT2D eigenvalue weighted by Gasteiger charge is 2.35. The monoisotopic (exact) mass is 272 g/mol. The van der Waals surface area contributed by atoms with Crippen LogP contribution in [0, 0.1) is 0 Å². The summed E-state index contributed by atoms with van der Waals surface area (Å²) in [4.78, 5) is 6.33. The van der Waals surface area contributed by atoms with E-state index in [0.717, 1.165) is 25.1 Å². The van der Waals surface area contributed by atoms with Gasteiger partial charge >= 0.3 is 0 Å². The lowest BCUT2D eigenvalue weighted by molar-refractivity contribution is -0.0221. The average molecular weight is 273 g/mol. The van der Waals surface area contributed by atoms with Crippen LogP contribution in [-0.2, 0) is 12.8 Å². The molecule has 2 aliphatic rings. The zero-order chi connectivity index (χ0) is 12.8.